The summed E-state index contributed by atoms with van der Waals surface area (Å²) in [4.78, 5) is 22.4. The number of aryl methyl sites for hydroxylation is 1. The minimum atomic E-state index is -3.16. The van der Waals surface area contributed by atoms with Gasteiger partial charge in [0.05, 0.1) is 35.4 Å². The number of ether oxygens (including phenoxy) is 2. The van der Waals surface area contributed by atoms with Gasteiger partial charge in [0.15, 0.2) is 17.3 Å². The maximum absolute atomic E-state index is 12.4. The number of aromatic nitrogens is 2. The number of hydrogen-bond donors (Lipinski definition) is 0. The fraction of sp³-hybridized carbons (Fsp3) is 0.200. The molecule has 0 atom stereocenters. The van der Waals surface area contributed by atoms with Crippen LogP contribution >= 0.6 is 0 Å². The van der Waals surface area contributed by atoms with Crippen molar-refractivity contribution in [1.29, 1.82) is 0 Å². The van der Waals surface area contributed by atoms with E-state index >= 15 is 0 Å². The van der Waals surface area contributed by atoms with Crippen LogP contribution < -0.4 is 9.47 Å². The van der Waals surface area contributed by atoms with Crippen LogP contribution in [0.1, 0.15) is 15.9 Å². The number of carbonyl (C=O) groups is 1. The van der Waals surface area contributed by atoms with Crippen LogP contribution in [0.5, 0.6) is 11.5 Å². The topological polar surface area (TPSA) is 96.5 Å². The first-order chi connectivity index (χ1) is 11.8. The van der Waals surface area contributed by atoms with Crippen molar-refractivity contribution in [2.24, 2.45) is 7.05 Å². The largest absolute Gasteiger partial charge is 0.493 e. The lowest BCUT2D eigenvalue weighted by atomic mass is 10.1. The Balaban J connectivity index is 2.40. The number of alkyl halides is 2. The van der Waals surface area contributed by atoms with E-state index in [0.29, 0.717) is 5.56 Å². The Morgan fingerprint density at radius 1 is 1.40 bits per heavy atom. The lowest BCUT2D eigenvalue weighted by Crippen LogP contribution is -2.05. The number of ketones is 1. The van der Waals surface area contributed by atoms with Crippen molar-refractivity contribution in [3.8, 4) is 11.5 Å². The summed E-state index contributed by atoms with van der Waals surface area (Å²) in [6.45, 7) is -3.16. The van der Waals surface area contributed by atoms with Crippen molar-refractivity contribution in [1.82, 2.24) is 9.78 Å². The number of carbonyl (C=O) groups excluding carboxylic acids is 1. The molecule has 0 N–H and O–H groups in total. The summed E-state index contributed by atoms with van der Waals surface area (Å²) in [6, 6.07) is 1.96. The smallest absolute Gasteiger partial charge is 0.387 e. The minimum Gasteiger partial charge on any atom is -0.493 e. The van der Waals surface area contributed by atoms with Crippen molar-refractivity contribution < 1.29 is 28.0 Å². The molecule has 0 saturated carbocycles. The molecular weight excluding hydrogens is 340 g/mol. The third-order valence-corrected chi connectivity index (χ3v) is 3.13. The highest BCUT2D eigenvalue weighted by Gasteiger charge is 2.20. The molecule has 2 rings (SSSR count). The van der Waals surface area contributed by atoms with Gasteiger partial charge in [0.25, 0.3) is 5.69 Å². The average Bonchev–Trinajstić information content (AvgIpc) is 2.98. The molecule has 0 spiro atoms. The highest BCUT2D eigenvalue weighted by molar-refractivity contribution is 6.06. The number of benzene rings is 1. The van der Waals surface area contributed by atoms with Crippen LogP contribution in [0.4, 0.5) is 14.5 Å². The highest BCUT2D eigenvalue weighted by atomic mass is 19.3. The zero-order valence-corrected chi connectivity index (χ0v) is 13.2. The van der Waals surface area contributed by atoms with Crippen LogP contribution in [0.3, 0.4) is 0 Å². The van der Waals surface area contributed by atoms with E-state index in [1.54, 1.807) is 7.05 Å². The standard InChI is InChI=1S/C15H13F2N3O5/c1-19-8-10(7-18-19)12(21)4-3-9-5-13(24-2)14(25-15(16)17)6-11(9)20(22)23/h3-8,15H,1-2H3/b4-3+. The molecule has 8 nitrogen and oxygen atoms in total. The van der Waals surface area contributed by atoms with Gasteiger partial charge in [0.1, 0.15) is 0 Å². The molecule has 0 aliphatic rings. The van der Waals surface area contributed by atoms with Crippen LogP contribution in [0.2, 0.25) is 0 Å². The zero-order valence-electron chi connectivity index (χ0n) is 13.2. The quantitative estimate of drug-likeness (QED) is 0.329. The number of nitro benzene ring substituents is 1. The molecule has 0 aliphatic carbocycles. The SMILES string of the molecule is COc1cc(/C=C/C(=O)c2cnn(C)c2)c([N+](=O)[O-])cc1OC(F)F. The molecule has 0 aliphatic heterocycles. The van der Waals surface area contributed by atoms with Crippen molar-refractivity contribution in [2.75, 3.05) is 7.11 Å². The van der Waals surface area contributed by atoms with E-state index in [1.807, 2.05) is 0 Å². The fourth-order valence-electron chi connectivity index (χ4n) is 2.01. The van der Waals surface area contributed by atoms with Gasteiger partial charge in [-0.05, 0) is 18.2 Å². The van der Waals surface area contributed by atoms with E-state index in [9.17, 15) is 23.7 Å². The molecule has 0 amide bonds. The Morgan fingerprint density at radius 2 is 2.12 bits per heavy atom. The molecule has 1 aromatic heterocycles. The van der Waals surface area contributed by atoms with Crippen molar-refractivity contribution in [3.63, 3.8) is 0 Å². The van der Waals surface area contributed by atoms with Gasteiger partial charge in [-0.2, -0.15) is 13.9 Å². The van der Waals surface area contributed by atoms with Crippen LogP contribution in [0.15, 0.2) is 30.6 Å². The number of hydrogen-bond acceptors (Lipinski definition) is 6. The van der Waals surface area contributed by atoms with Gasteiger partial charge in [-0.25, -0.2) is 0 Å². The summed E-state index contributed by atoms with van der Waals surface area (Å²) in [5.41, 5.74) is -0.210. The summed E-state index contributed by atoms with van der Waals surface area (Å²) in [5, 5.41) is 15.0. The number of nitrogens with zero attached hydrogens (tertiary/aromatic N) is 3. The van der Waals surface area contributed by atoms with Crippen LogP contribution in [0, 0.1) is 10.1 Å². The monoisotopic (exact) mass is 353 g/mol. The van der Waals surface area contributed by atoms with Gasteiger partial charge in [0, 0.05) is 13.2 Å². The van der Waals surface area contributed by atoms with Crippen LogP contribution in [-0.4, -0.2) is 34.2 Å². The van der Waals surface area contributed by atoms with E-state index in [2.05, 4.69) is 9.84 Å². The minimum absolute atomic E-state index is 0.000654. The Bertz CT molecular complexity index is 833. The van der Waals surface area contributed by atoms with E-state index in [4.69, 9.17) is 4.74 Å². The predicted molar refractivity (Wildman–Crippen MR) is 82.9 cm³/mol. The molecule has 1 heterocycles. The lowest BCUT2D eigenvalue weighted by Gasteiger charge is -2.10. The van der Waals surface area contributed by atoms with Gasteiger partial charge in [-0.3, -0.25) is 19.6 Å². The number of allylic oxidation sites excluding steroid dienone is 1. The first-order valence-corrected chi connectivity index (χ1v) is 6.84. The molecule has 0 fully saturated rings. The van der Waals surface area contributed by atoms with Gasteiger partial charge in [-0.15, -0.1) is 0 Å². The van der Waals surface area contributed by atoms with Crippen molar-refractivity contribution in [2.45, 2.75) is 6.61 Å². The fourth-order valence-corrected chi connectivity index (χ4v) is 2.01. The average molecular weight is 353 g/mol. The lowest BCUT2D eigenvalue weighted by molar-refractivity contribution is -0.385. The van der Waals surface area contributed by atoms with E-state index < -0.39 is 28.8 Å². The molecule has 10 heteroatoms. The van der Waals surface area contributed by atoms with Gasteiger partial charge in [-0.1, -0.05) is 0 Å². The molecule has 0 radical (unpaired) electrons. The molecule has 2 aromatic rings. The van der Waals surface area contributed by atoms with Crippen molar-refractivity contribution >= 4 is 17.5 Å². The third kappa shape index (κ3) is 4.37. The Hall–Kier alpha value is -3.30. The zero-order chi connectivity index (χ0) is 18.6. The van der Waals surface area contributed by atoms with Crippen LogP contribution in [-0.2, 0) is 7.05 Å². The van der Waals surface area contributed by atoms with Gasteiger partial charge in [0.2, 0.25) is 0 Å². The molecule has 25 heavy (non-hydrogen) atoms. The summed E-state index contributed by atoms with van der Waals surface area (Å²) in [5.74, 6) is -1.02. The van der Waals surface area contributed by atoms with E-state index in [-0.39, 0.29) is 11.3 Å². The number of halogens is 2. The molecule has 0 bridgehead atoms. The molecule has 0 unspecified atom stereocenters. The Kier molecular flexibility index (Phi) is 5.42. The second kappa shape index (κ2) is 7.51. The predicted octanol–water partition coefficient (Wildman–Crippen LogP) is 2.83. The maximum Gasteiger partial charge on any atom is 0.387 e. The normalized spacial score (nSPS) is 11.1. The second-order valence-electron chi connectivity index (χ2n) is 4.80. The Morgan fingerprint density at radius 3 is 2.64 bits per heavy atom. The van der Waals surface area contributed by atoms with Crippen molar-refractivity contribution in [3.05, 3.63) is 51.8 Å². The molecule has 132 valence electrons. The molecule has 0 saturated heterocycles. The summed E-state index contributed by atoms with van der Waals surface area (Å²) in [6.07, 6.45) is 5.15. The summed E-state index contributed by atoms with van der Waals surface area (Å²) < 4.78 is 35.4. The third-order valence-electron chi connectivity index (χ3n) is 3.13. The number of methoxy groups -OCH3 is 1. The number of nitro groups is 1. The summed E-state index contributed by atoms with van der Waals surface area (Å²) >= 11 is 0. The van der Waals surface area contributed by atoms with Crippen LogP contribution in [0.25, 0.3) is 6.08 Å². The Labute approximate surface area is 140 Å². The van der Waals surface area contributed by atoms with Gasteiger partial charge >= 0.3 is 6.61 Å². The molecule has 1 aromatic carbocycles. The van der Waals surface area contributed by atoms with E-state index in [0.717, 1.165) is 18.2 Å². The van der Waals surface area contributed by atoms with E-state index in [1.165, 1.54) is 30.3 Å². The first kappa shape index (κ1) is 18.0. The highest BCUT2D eigenvalue weighted by Crippen LogP contribution is 2.36. The number of rotatable bonds is 7. The maximum atomic E-state index is 12.4. The van der Waals surface area contributed by atoms with Gasteiger partial charge < -0.3 is 9.47 Å². The summed E-state index contributed by atoms with van der Waals surface area (Å²) in [7, 11) is 2.84. The molecular formula is C15H13F2N3O5. The second-order valence-corrected chi connectivity index (χ2v) is 4.80. The first-order valence-electron chi connectivity index (χ1n) is 6.84.